The summed E-state index contributed by atoms with van der Waals surface area (Å²) in [6.45, 7) is 1.44. The van der Waals surface area contributed by atoms with Crippen LogP contribution in [0, 0.1) is 0 Å². The van der Waals surface area contributed by atoms with Gasteiger partial charge >= 0.3 is 0 Å². The second-order valence-corrected chi connectivity index (χ2v) is 7.54. The first-order valence-corrected chi connectivity index (χ1v) is 9.38. The first-order chi connectivity index (χ1) is 11.3. The molecule has 0 N–H and O–H groups in total. The van der Waals surface area contributed by atoms with E-state index in [0.29, 0.717) is 19.1 Å². The lowest BCUT2D eigenvalue weighted by Gasteiger charge is -2.43. The van der Waals surface area contributed by atoms with Crippen molar-refractivity contribution in [2.45, 2.75) is 50.7 Å². The quantitative estimate of drug-likeness (QED) is 0.866. The number of carbonyl (C=O) groups is 1. The molecule has 0 spiro atoms. The molecule has 2 fully saturated rings. The summed E-state index contributed by atoms with van der Waals surface area (Å²) in [6, 6.07) is 8.47. The first kappa shape index (κ1) is 15.1. The fraction of sp³-hybridized carbons (Fsp3) is 0.556. The third-order valence-electron chi connectivity index (χ3n) is 4.94. The van der Waals surface area contributed by atoms with Crippen molar-refractivity contribution < 1.29 is 9.53 Å². The number of para-hydroxylation sites is 1. The average molecular weight is 330 g/mol. The number of aryl methyl sites for hydroxylation is 1. The first-order valence-electron chi connectivity index (χ1n) is 8.57. The molecule has 23 heavy (non-hydrogen) atoms. The Morgan fingerprint density at radius 2 is 2.17 bits per heavy atom. The zero-order valence-electron chi connectivity index (χ0n) is 13.2. The van der Waals surface area contributed by atoms with Crippen LogP contribution in [0.25, 0.3) is 10.2 Å². The summed E-state index contributed by atoms with van der Waals surface area (Å²) in [5.41, 5.74) is 1.04. The molecule has 0 unspecified atom stereocenters. The monoisotopic (exact) mass is 330 g/mol. The second kappa shape index (κ2) is 6.57. The molecule has 1 aliphatic heterocycles. The third kappa shape index (κ3) is 3.12. The largest absolute Gasteiger partial charge is 0.374 e. The number of fused-ring (bicyclic) bond motifs is 2. The Balaban J connectivity index is 1.40. The van der Waals surface area contributed by atoms with Crippen LogP contribution >= 0.6 is 11.3 Å². The molecule has 5 heteroatoms. The average Bonchev–Trinajstić information content (AvgIpc) is 3.02. The van der Waals surface area contributed by atoms with E-state index >= 15 is 0 Å². The van der Waals surface area contributed by atoms with Gasteiger partial charge in [-0.1, -0.05) is 25.0 Å². The van der Waals surface area contributed by atoms with Crippen molar-refractivity contribution in [1.82, 2.24) is 9.88 Å². The van der Waals surface area contributed by atoms with Gasteiger partial charge in [0.2, 0.25) is 5.91 Å². The molecule has 1 amide bonds. The minimum atomic E-state index is 0.268. The van der Waals surface area contributed by atoms with Gasteiger partial charge in [0.1, 0.15) is 0 Å². The lowest BCUT2D eigenvalue weighted by Crippen LogP contribution is -2.54. The SMILES string of the molecule is O=C(CCc1nc2ccccc2s1)N1CCO[C@H]2CCCC[C@H]21. The number of benzene rings is 1. The lowest BCUT2D eigenvalue weighted by molar-refractivity contribution is -0.149. The maximum atomic E-state index is 12.7. The van der Waals surface area contributed by atoms with Crippen LogP contribution in [0.1, 0.15) is 37.1 Å². The van der Waals surface area contributed by atoms with Crippen LogP contribution in [0.15, 0.2) is 24.3 Å². The summed E-state index contributed by atoms with van der Waals surface area (Å²) in [7, 11) is 0. The number of amides is 1. The van der Waals surface area contributed by atoms with E-state index in [4.69, 9.17) is 4.74 Å². The number of carbonyl (C=O) groups excluding carboxylic acids is 1. The van der Waals surface area contributed by atoms with Crippen molar-refractivity contribution in [3.05, 3.63) is 29.3 Å². The number of morpholine rings is 1. The Labute approximate surface area is 140 Å². The Kier molecular flexibility index (Phi) is 4.31. The van der Waals surface area contributed by atoms with Gasteiger partial charge in [0, 0.05) is 19.4 Å². The van der Waals surface area contributed by atoms with Crippen LogP contribution in [-0.4, -0.2) is 41.1 Å². The molecule has 2 atom stereocenters. The van der Waals surface area contributed by atoms with Crippen LogP contribution in [0.2, 0.25) is 0 Å². The number of hydrogen-bond acceptors (Lipinski definition) is 4. The van der Waals surface area contributed by atoms with Crippen LogP contribution in [0.5, 0.6) is 0 Å². The predicted molar refractivity (Wildman–Crippen MR) is 91.7 cm³/mol. The van der Waals surface area contributed by atoms with E-state index in [0.717, 1.165) is 36.3 Å². The topological polar surface area (TPSA) is 42.4 Å². The normalized spacial score (nSPS) is 24.6. The fourth-order valence-corrected chi connectivity index (χ4v) is 4.76. The number of thiazole rings is 1. The van der Waals surface area contributed by atoms with Crippen LogP contribution in [-0.2, 0) is 16.0 Å². The predicted octanol–water partition coefficient (Wildman–Crippen LogP) is 3.40. The molecule has 4 nitrogen and oxygen atoms in total. The number of ether oxygens (including phenoxy) is 1. The van der Waals surface area contributed by atoms with E-state index in [1.165, 1.54) is 17.5 Å². The number of rotatable bonds is 3. The molecular formula is C18H22N2O2S. The zero-order valence-corrected chi connectivity index (χ0v) is 14.1. The van der Waals surface area contributed by atoms with E-state index in [-0.39, 0.29) is 12.0 Å². The molecule has 2 aliphatic rings. The third-order valence-corrected chi connectivity index (χ3v) is 6.04. The Bertz CT molecular complexity index is 664. The molecule has 0 bridgehead atoms. The fourth-order valence-electron chi connectivity index (χ4n) is 3.79. The van der Waals surface area contributed by atoms with Crippen LogP contribution in [0.3, 0.4) is 0 Å². The summed E-state index contributed by atoms with van der Waals surface area (Å²) >= 11 is 1.70. The van der Waals surface area contributed by atoms with Crippen LogP contribution < -0.4 is 0 Å². The molecule has 1 saturated carbocycles. The van der Waals surface area contributed by atoms with Crippen molar-refractivity contribution >= 4 is 27.5 Å². The van der Waals surface area contributed by atoms with Gasteiger partial charge in [-0.15, -0.1) is 11.3 Å². The molecule has 2 heterocycles. The summed E-state index contributed by atoms with van der Waals surface area (Å²) in [5, 5.41) is 1.06. The highest BCUT2D eigenvalue weighted by Crippen LogP contribution is 2.29. The molecule has 122 valence electrons. The minimum Gasteiger partial charge on any atom is -0.374 e. The molecule has 4 rings (SSSR count). The number of hydrogen-bond donors (Lipinski definition) is 0. The molecule has 1 aromatic carbocycles. The number of aromatic nitrogens is 1. The highest BCUT2D eigenvalue weighted by atomic mass is 32.1. The molecule has 1 saturated heterocycles. The standard InChI is InChI=1S/C18H22N2O2S/c21-18(20-11-12-22-15-7-3-2-6-14(15)20)10-9-17-19-13-5-1-4-8-16(13)23-17/h1,4-5,8,14-15H,2-3,6-7,9-12H2/t14-,15+/m1/s1. The molecular weight excluding hydrogens is 308 g/mol. The summed E-state index contributed by atoms with van der Waals surface area (Å²) < 4.78 is 7.06. The second-order valence-electron chi connectivity index (χ2n) is 6.42. The van der Waals surface area contributed by atoms with Crippen molar-refractivity contribution in [1.29, 1.82) is 0 Å². The van der Waals surface area contributed by atoms with Gasteiger partial charge in [-0.3, -0.25) is 4.79 Å². The molecule has 2 aromatic rings. The maximum absolute atomic E-state index is 12.7. The zero-order chi connectivity index (χ0) is 15.6. The van der Waals surface area contributed by atoms with Gasteiger partial charge in [0.05, 0.1) is 34.0 Å². The minimum absolute atomic E-state index is 0.268. The highest BCUT2D eigenvalue weighted by Gasteiger charge is 2.36. The van der Waals surface area contributed by atoms with E-state index in [2.05, 4.69) is 16.0 Å². The Hall–Kier alpha value is -1.46. The number of nitrogens with zero attached hydrogens (tertiary/aromatic N) is 2. The van der Waals surface area contributed by atoms with Gasteiger partial charge in [-0.25, -0.2) is 4.98 Å². The van der Waals surface area contributed by atoms with Crippen LogP contribution in [0.4, 0.5) is 0 Å². The van der Waals surface area contributed by atoms with Gasteiger partial charge in [0.15, 0.2) is 0 Å². The van der Waals surface area contributed by atoms with Crippen molar-refractivity contribution in [3.8, 4) is 0 Å². The van der Waals surface area contributed by atoms with Gasteiger partial charge in [0.25, 0.3) is 0 Å². The highest BCUT2D eigenvalue weighted by molar-refractivity contribution is 7.18. The molecule has 1 aromatic heterocycles. The van der Waals surface area contributed by atoms with Crippen molar-refractivity contribution in [2.24, 2.45) is 0 Å². The smallest absolute Gasteiger partial charge is 0.223 e. The summed E-state index contributed by atoms with van der Waals surface area (Å²) in [4.78, 5) is 19.4. The van der Waals surface area contributed by atoms with Gasteiger partial charge in [-0.05, 0) is 25.0 Å². The van der Waals surface area contributed by atoms with E-state index in [1.807, 2.05) is 18.2 Å². The lowest BCUT2D eigenvalue weighted by atomic mass is 9.90. The van der Waals surface area contributed by atoms with E-state index in [9.17, 15) is 4.79 Å². The summed E-state index contributed by atoms with van der Waals surface area (Å²) in [5.74, 6) is 0.268. The van der Waals surface area contributed by atoms with Gasteiger partial charge in [-0.2, -0.15) is 0 Å². The van der Waals surface area contributed by atoms with Crippen molar-refractivity contribution in [2.75, 3.05) is 13.2 Å². The van der Waals surface area contributed by atoms with Gasteiger partial charge < -0.3 is 9.64 Å². The maximum Gasteiger partial charge on any atom is 0.223 e. The van der Waals surface area contributed by atoms with E-state index < -0.39 is 0 Å². The Morgan fingerprint density at radius 3 is 3.09 bits per heavy atom. The van der Waals surface area contributed by atoms with Crippen molar-refractivity contribution in [3.63, 3.8) is 0 Å². The summed E-state index contributed by atoms with van der Waals surface area (Å²) in [6.07, 6.45) is 6.21. The Morgan fingerprint density at radius 1 is 1.30 bits per heavy atom. The molecule has 0 radical (unpaired) electrons. The molecule has 1 aliphatic carbocycles. The van der Waals surface area contributed by atoms with E-state index in [1.54, 1.807) is 11.3 Å².